The van der Waals surface area contributed by atoms with Crippen molar-refractivity contribution >= 4 is 32.2 Å². The van der Waals surface area contributed by atoms with Crippen molar-refractivity contribution < 1.29 is 4.39 Å². The predicted octanol–water partition coefficient (Wildman–Crippen LogP) is 4.27. The average molecular weight is 311 g/mol. The van der Waals surface area contributed by atoms with E-state index in [1.165, 1.54) is 6.07 Å². The van der Waals surface area contributed by atoms with E-state index in [0.717, 1.165) is 21.9 Å². The standard InChI is InChI=1S/C12H8BrFN2S/c1-7-6-17-12-15-11(5-16(7)12)8-2-3-10(14)9(13)4-8/h2-6H,1H3. The average Bonchev–Trinajstić information content (AvgIpc) is 2.86. The van der Waals surface area contributed by atoms with Gasteiger partial charge in [0, 0.05) is 22.8 Å². The summed E-state index contributed by atoms with van der Waals surface area (Å²) < 4.78 is 15.7. The molecule has 0 aliphatic carbocycles. The number of aromatic nitrogens is 2. The Bertz CT molecular complexity index is 702. The summed E-state index contributed by atoms with van der Waals surface area (Å²) in [7, 11) is 0. The van der Waals surface area contributed by atoms with Crippen LogP contribution in [0.4, 0.5) is 4.39 Å². The highest BCUT2D eigenvalue weighted by atomic mass is 79.9. The van der Waals surface area contributed by atoms with Gasteiger partial charge in [-0.3, -0.25) is 4.40 Å². The first kappa shape index (κ1) is 10.9. The molecule has 2 heterocycles. The van der Waals surface area contributed by atoms with E-state index < -0.39 is 0 Å². The summed E-state index contributed by atoms with van der Waals surface area (Å²) in [4.78, 5) is 5.47. The summed E-state index contributed by atoms with van der Waals surface area (Å²) in [5, 5.41) is 2.06. The number of aryl methyl sites for hydroxylation is 1. The van der Waals surface area contributed by atoms with Crippen molar-refractivity contribution in [3.8, 4) is 11.3 Å². The molecule has 86 valence electrons. The van der Waals surface area contributed by atoms with Crippen LogP contribution in [0.3, 0.4) is 0 Å². The first-order valence-corrected chi connectivity index (χ1v) is 6.71. The number of halogens is 2. The molecular weight excluding hydrogens is 303 g/mol. The van der Waals surface area contributed by atoms with Crippen molar-refractivity contribution in [1.29, 1.82) is 0 Å². The Kier molecular flexibility index (Phi) is 2.52. The molecule has 0 saturated heterocycles. The molecule has 0 aliphatic heterocycles. The number of rotatable bonds is 1. The van der Waals surface area contributed by atoms with Crippen LogP contribution in [0.1, 0.15) is 5.69 Å². The van der Waals surface area contributed by atoms with Gasteiger partial charge in [0.25, 0.3) is 0 Å². The number of imidazole rings is 1. The van der Waals surface area contributed by atoms with Crippen molar-refractivity contribution in [2.75, 3.05) is 0 Å². The smallest absolute Gasteiger partial charge is 0.194 e. The second-order valence-corrected chi connectivity index (χ2v) is 5.48. The second kappa shape index (κ2) is 3.92. The van der Waals surface area contributed by atoms with Crippen LogP contribution >= 0.6 is 27.3 Å². The third kappa shape index (κ3) is 1.79. The fourth-order valence-corrected chi connectivity index (χ4v) is 2.92. The van der Waals surface area contributed by atoms with E-state index in [1.807, 2.05) is 17.5 Å². The van der Waals surface area contributed by atoms with Crippen molar-refractivity contribution in [3.63, 3.8) is 0 Å². The number of nitrogens with zero attached hydrogens (tertiary/aromatic N) is 2. The van der Waals surface area contributed by atoms with Crippen molar-refractivity contribution in [3.05, 3.63) is 45.8 Å². The zero-order valence-electron chi connectivity index (χ0n) is 8.95. The highest BCUT2D eigenvalue weighted by Crippen LogP contribution is 2.26. The Morgan fingerprint density at radius 3 is 2.94 bits per heavy atom. The van der Waals surface area contributed by atoms with Crippen LogP contribution < -0.4 is 0 Å². The lowest BCUT2D eigenvalue weighted by molar-refractivity contribution is 0.621. The zero-order valence-corrected chi connectivity index (χ0v) is 11.3. The van der Waals surface area contributed by atoms with Gasteiger partial charge in [0.05, 0.1) is 10.2 Å². The maximum Gasteiger partial charge on any atom is 0.194 e. The Morgan fingerprint density at radius 1 is 1.41 bits per heavy atom. The maximum atomic E-state index is 13.2. The number of thiazole rings is 1. The van der Waals surface area contributed by atoms with E-state index in [9.17, 15) is 4.39 Å². The van der Waals surface area contributed by atoms with E-state index in [2.05, 4.69) is 26.3 Å². The fourth-order valence-electron chi connectivity index (χ4n) is 1.69. The van der Waals surface area contributed by atoms with Crippen LogP contribution in [0.2, 0.25) is 0 Å². The molecule has 0 fully saturated rings. The number of hydrogen-bond donors (Lipinski definition) is 0. The Balaban J connectivity index is 2.16. The maximum absolute atomic E-state index is 13.2. The van der Waals surface area contributed by atoms with Crippen molar-refractivity contribution in [1.82, 2.24) is 9.38 Å². The minimum Gasteiger partial charge on any atom is -0.294 e. The summed E-state index contributed by atoms with van der Waals surface area (Å²) >= 11 is 4.79. The molecule has 0 bridgehead atoms. The molecular formula is C12H8BrFN2S. The SMILES string of the molecule is Cc1csc2nc(-c3ccc(F)c(Br)c3)cn12. The molecule has 3 rings (SSSR count). The van der Waals surface area contributed by atoms with E-state index in [4.69, 9.17) is 0 Å². The van der Waals surface area contributed by atoms with Gasteiger partial charge in [-0.2, -0.15) is 0 Å². The fraction of sp³-hybridized carbons (Fsp3) is 0.0833. The first-order chi connectivity index (χ1) is 8.15. The molecule has 0 radical (unpaired) electrons. The van der Waals surface area contributed by atoms with Crippen LogP contribution in [0.25, 0.3) is 16.2 Å². The van der Waals surface area contributed by atoms with Crippen LogP contribution in [0.5, 0.6) is 0 Å². The third-order valence-corrected chi connectivity index (χ3v) is 4.17. The Hall–Kier alpha value is -1.20. The van der Waals surface area contributed by atoms with Crippen molar-refractivity contribution in [2.45, 2.75) is 6.92 Å². The second-order valence-electron chi connectivity index (χ2n) is 3.78. The quantitative estimate of drug-likeness (QED) is 0.656. The van der Waals surface area contributed by atoms with Crippen molar-refractivity contribution in [2.24, 2.45) is 0 Å². The minimum absolute atomic E-state index is 0.258. The highest BCUT2D eigenvalue weighted by Gasteiger charge is 2.09. The Labute approximate surface area is 110 Å². The topological polar surface area (TPSA) is 17.3 Å². The lowest BCUT2D eigenvalue weighted by Gasteiger charge is -1.98. The van der Waals surface area contributed by atoms with Crippen LogP contribution in [0.15, 0.2) is 34.2 Å². The summed E-state index contributed by atoms with van der Waals surface area (Å²) in [6.45, 7) is 2.04. The summed E-state index contributed by atoms with van der Waals surface area (Å²) in [6, 6.07) is 4.93. The molecule has 0 amide bonds. The molecule has 0 aliphatic rings. The molecule has 1 aromatic carbocycles. The van der Waals surface area contributed by atoms with Crippen LogP contribution in [0, 0.1) is 12.7 Å². The van der Waals surface area contributed by atoms with E-state index in [1.54, 1.807) is 23.5 Å². The number of fused-ring (bicyclic) bond motifs is 1. The van der Waals surface area contributed by atoms with E-state index >= 15 is 0 Å². The summed E-state index contributed by atoms with van der Waals surface area (Å²) in [6.07, 6.45) is 1.97. The van der Waals surface area contributed by atoms with Gasteiger partial charge in [-0.15, -0.1) is 11.3 Å². The minimum atomic E-state index is -0.258. The third-order valence-electron chi connectivity index (χ3n) is 2.60. The zero-order chi connectivity index (χ0) is 12.0. The van der Waals surface area contributed by atoms with Gasteiger partial charge in [-0.05, 0) is 41.1 Å². The van der Waals surface area contributed by atoms with Gasteiger partial charge in [0.2, 0.25) is 0 Å². The molecule has 2 nitrogen and oxygen atoms in total. The van der Waals surface area contributed by atoms with Crippen LogP contribution in [-0.4, -0.2) is 9.38 Å². The molecule has 0 atom stereocenters. The van der Waals surface area contributed by atoms with Gasteiger partial charge < -0.3 is 0 Å². The normalized spacial score (nSPS) is 11.2. The van der Waals surface area contributed by atoms with Gasteiger partial charge in [-0.1, -0.05) is 0 Å². The number of benzene rings is 1. The molecule has 3 aromatic rings. The van der Waals surface area contributed by atoms with E-state index in [0.29, 0.717) is 4.47 Å². The first-order valence-electron chi connectivity index (χ1n) is 5.04. The molecule has 5 heteroatoms. The molecule has 17 heavy (non-hydrogen) atoms. The van der Waals surface area contributed by atoms with Gasteiger partial charge in [0.15, 0.2) is 4.96 Å². The van der Waals surface area contributed by atoms with Gasteiger partial charge >= 0.3 is 0 Å². The van der Waals surface area contributed by atoms with Crippen LogP contribution in [-0.2, 0) is 0 Å². The molecule has 0 N–H and O–H groups in total. The highest BCUT2D eigenvalue weighted by molar-refractivity contribution is 9.10. The van der Waals surface area contributed by atoms with Gasteiger partial charge in [-0.25, -0.2) is 9.37 Å². The summed E-state index contributed by atoms with van der Waals surface area (Å²) in [5.74, 6) is -0.258. The predicted molar refractivity (Wildman–Crippen MR) is 70.9 cm³/mol. The summed E-state index contributed by atoms with van der Waals surface area (Å²) in [5.41, 5.74) is 2.93. The number of hydrogen-bond acceptors (Lipinski definition) is 2. The monoisotopic (exact) mass is 310 g/mol. The molecule has 0 spiro atoms. The molecule has 2 aromatic heterocycles. The molecule has 0 unspecified atom stereocenters. The largest absolute Gasteiger partial charge is 0.294 e. The Morgan fingerprint density at radius 2 is 2.24 bits per heavy atom. The molecule has 0 saturated carbocycles. The van der Waals surface area contributed by atoms with E-state index in [-0.39, 0.29) is 5.82 Å². The lowest BCUT2D eigenvalue weighted by atomic mass is 10.2. The van der Waals surface area contributed by atoms with Gasteiger partial charge in [0.1, 0.15) is 5.82 Å². The lowest BCUT2D eigenvalue weighted by Crippen LogP contribution is -1.81.